The second-order valence-electron chi connectivity index (χ2n) is 5.11. The third-order valence-corrected chi connectivity index (χ3v) is 3.84. The fourth-order valence-electron chi connectivity index (χ4n) is 2.85. The van der Waals surface area contributed by atoms with Gasteiger partial charge in [0.2, 0.25) is 0 Å². The molecule has 1 aromatic rings. The highest BCUT2D eigenvalue weighted by atomic mass is 16.3. The van der Waals surface area contributed by atoms with Crippen LogP contribution in [0.3, 0.4) is 0 Å². The molecule has 1 aliphatic rings. The molecule has 0 bridgehead atoms. The predicted octanol–water partition coefficient (Wildman–Crippen LogP) is 2.84. The topological polar surface area (TPSA) is 46.2 Å². The lowest BCUT2D eigenvalue weighted by atomic mass is 9.70. The van der Waals surface area contributed by atoms with Crippen LogP contribution in [0.15, 0.2) is 24.3 Å². The van der Waals surface area contributed by atoms with E-state index >= 15 is 0 Å². The maximum absolute atomic E-state index is 9.47. The van der Waals surface area contributed by atoms with Crippen molar-refractivity contribution in [2.24, 2.45) is 11.1 Å². The van der Waals surface area contributed by atoms with Crippen molar-refractivity contribution in [3.8, 4) is 5.75 Å². The Morgan fingerprint density at radius 2 is 1.94 bits per heavy atom. The second kappa shape index (κ2) is 4.88. The van der Waals surface area contributed by atoms with Crippen LogP contribution in [0.4, 0.5) is 0 Å². The number of hydrogen-bond donors (Lipinski definition) is 2. The van der Waals surface area contributed by atoms with E-state index in [4.69, 9.17) is 5.73 Å². The molecule has 0 heterocycles. The van der Waals surface area contributed by atoms with Crippen LogP contribution in [0.2, 0.25) is 0 Å². The van der Waals surface area contributed by atoms with Crippen LogP contribution >= 0.6 is 0 Å². The summed E-state index contributed by atoms with van der Waals surface area (Å²) in [6.45, 7) is 0.767. The van der Waals surface area contributed by atoms with E-state index in [1.54, 1.807) is 6.07 Å². The van der Waals surface area contributed by atoms with E-state index in [9.17, 15) is 5.11 Å². The Hall–Kier alpha value is -1.02. The highest BCUT2D eigenvalue weighted by Crippen LogP contribution is 2.38. The predicted molar refractivity (Wildman–Crippen MR) is 66.4 cm³/mol. The number of aromatic hydroxyl groups is 1. The first-order chi connectivity index (χ1) is 7.74. The van der Waals surface area contributed by atoms with Crippen LogP contribution in [-0.4, -0.2) is 11.7 Å². The number of phenols is 1. The second-order valence-corrected chi connectivity index (χ2v) is 5.11. The molecule has 2 nitrogen and oxygen atoms in total. The Morgan fingerprint density at radius 1 is 1.19 bits per heavy atom. The molecule has 1 saturated carbocycles. The van der Waals surface area contributed by atoms with E-state index in [0.29, 0.717) is 5.75 Å². The summed E-state index contributed by atoms with van der Waals surface area (Å²) in [7, 11) is 0. The maximum atomic E-state index is 9.47. The molecule has 0 amide bonds. The van der Waals surface area contributed by atoms with Crippen molar-refractivity contribution >= 4 is 0 Å². The SMILES string of the molecule is NCC1(Cc2cccc(O)c2)CCCCC1. The van der Waals surface area contributed by atoms with Crippen LogP contribution in [0.5, 0.6) is 5.75 Å². The molecule has 3 N–H and O–H groups in total. The molecule has 2 heteroatoms. The first kappa shape index (κ1) is 11.5. The zero-order chi connectivity index (χ0) is 11.4. The van der Waals surface area contributed by atoms with Crippen molar-refractivity contribution in [1.82, 2.24) is 0 Å². The molecule has 0 spiro atoms. The van der Waals surface area contributed by atoms with Crippen LogP contribution in [0.25, 0.3) is 0 Å². The molecule has 88 valence electrons. The van der Waals surface area contributed by atoms with E-state index in [0.717, 1.165) is 13.0 Å². The summed E-state index contributed by atoms with van der Waals surface area (Å²) in [5.74, 6) is 0.362. The summed E-state index contributed by atoms with van der Waals surface area (Å²) in [6.07, 6.45) is 7.43. The van der Waals surface area contributed by atoms with Crippen molar-refractivity contribution in [2.45, 2.75) is 38.5 Å². The van der Waals surface area contributed by atoms with Gasteiger partial charge >= 0.3 is 0 Å². The van der Waals surface area contributed by atoms with E-state index in [1.807, 2.05) is 12.1 Å². The van der Waals surface area contributed by atoms with Gasteiger partial charge in [-0.3, -0.25) is 0 Å². The molecule has 1 fully saturated rings. The number of nitrogens with two attached hydrogens (primary N) is 1. The molecule has 0 saturated heterocycles. The van der Waals surface area contributed by atoms with Gasteiger partial charge in [0, 0.05) is 0 Å². The summed E-state index contributed by atoms with van der Waals surface area (Å²) >= 11 is 0. The van der Waals surface area contributed by atoms with Crippen molar-refractivity contribution in [2.75, 3.05) is 6.54 Å². The maximum Gasteiger partial charge on any atom is 0.115 e. The third kappa shape index (κ3) is 2.56. The lowest BCUT2D eigenvalue weighted by Crippen LogP contribution is -2.34. The smallest absolute Gasteiger partial charge is 0.115 e. The van der Waals surface area contributed by atoms with Crippen molar-refractivity contribution in [1.29, 1.82) is 0 Å². The average Bonchev–Trinajstić information content (AvgIpc) is 2.30. The number of benzene rings is 1. The number of phenolic OH excluding ortho intramolecular Hbond substituents is 1. The van der Waals surface area contributed by atoms with Crippen LogP contribution in [0.1, 0.15) is 37.7 Å². The summed E-state index contributed by atoms with van der Waals surface area (Å²) < 4.78 is 0. The Morgan fingerprint density at radius 3 is 2.56 bits per heavy atom. The highest BCUT2D eigenvalue weighted by Gasteiger charge is 2.30. The zero-order valence-corrected chi connectivity index (χ0v) is 9.78. The van der Waals surface area contributed by atoms with Crippen LogP contribution < -0.4 is 5.73 Å². The first-order valence-electron chi connectivity index (χ1n) is 6.22. The van der Waals surface area contributed by atoms with Gasteiger partial charge in [0.1, 0.15) is 5.75 Å². The minimum atomic E-state index is 0.284. The first-order valence-corrected chi connectivity index (χ1v) is 6.22. The van der Waals surface area contributed by atoms with Crippen LogP contribution in [-0.2, 0) is 6.42 Å². The largest absolute Gasteiger partial charge is 0.508 e. The molecule has 2 rings (SSSR count). The summed E-state index contributed by atoms with van der Waals surface area (Å²) in [5, 5.41) is 9.47. The fraction of sp³-hybridized carbons (Fsp3) is 0.571. The standard InChI is InChI=1S/C14H21NO/c15-11-14(7-2-1-3-8-14)10-12-5-4-6-13(16)9-12/h4-6,9,16H,1-3,7-8,10-11,15H2. The van der Waals surface area contributed by atoms with E-state index in [2.05, 4.69) is 6.07 Å². The summed E-state index contributed by atoms with van der Waals surface area (Å²) in [4.78, 5) is 0. The molecular formula is C14H21NO. The van der Waals surface area contributed by atoms with Gasteiger partial charge in [-0.25, -0.2) is 0 Å². The normalized spacial score (nSPS) is 19.6. The average molecular weight is 219 g/mol. The van der Waals surface area contributed by atoms with Gasteiger partial charge in [0.25, 0.3) is 0 Å². The minimum absolute atomic E-state index is 0.284. The van der Waals surface area contributed by atoms with Gasteiger partial charge in [-0.2, -0.15) is 0 Å². The molecular weight excluding hydrogens is 198 g/mol. The fourth-order valence-corrected chi connectivity index (χ4v) is 2.85. The number of rotatable bonds is 3. The monoisotopic (exact) mass is 219 g/mol. The van der Waals surface area contributed by atoms with Gasteiger partial charge in [-0.1, -0.05) is 31.4 Å². The van der Waals surface area contributed by atoms with Gasteiger partial charge in [0.05, 0.1) is 0 Å². The van der Waals surface area contributed by atoms with E-state index in [1.165, 1.54) is 37.7 Å². The Balaban J connectivity index is 2.11. The molecule has 0 unspecified atom stereocenters. The van der Waals surface area contributed by atoms with Crippen molar-refractivity contribution in [3.05, 3.63) is 29.8 Å². The number of hydrogen-bond acceptors (Lipinski definition) is 2. The molecule has 0 aromatic heterocycles. The Kier molecular flexibility index (Phi) is 3.49. The summed E-state index contributed by atoms with van der Waals surface area (Å²) in [6, 6.07) is 7.59. The third-order valence-electron chi connectivity index (χ3n) is 3.84. The molecule has 0 atom stereocenters. The minimum Gasteiger partial charge on any atom is -0.508 e. The van der Waals surface area contributed by atoms with Gasteiger partial charge in [-0.15, -0.1) is 0 Å². The molecule has 0 radical (unpaired) electrons. The quantitative estimate of drug-likeness (QED) is 0.821. The Labute approximate surface area is 97.5 Å². The molecule has 16 heavy (non-hydrogen) atoms. The lowest BCUT2D eigenvalue weighted by molar-refractivity contribution is 0.197. The summed E-state index contributed by atoms with van der Waals surface area (Å²) in [5.41, 5.74) is 7.46. The van der Waals surface area contributed by atoms with E-state index in [-0.39, 0.29) is 5.41 Å². The van der Waals surface area contributed by atoms with Gasteiger partial charge < -0.3 is 10.8 Å². The molecule has 1 aliphatic carbocycles. The lowest BCUT2D eigenvalue weighted by Gasteiger charge is -2.36. The van der Waals surface area contributed by atoms with Crippen molar-refractivity contribution in [3.63, 3.8) is 0 Å². The zero-order valence-electron chi connectivity index (χ0n) is 9.78. The van der Waals surface area contributed by atoms with Crippen molar-refractivity contribution < 1.29 is 5.11 Å². The van der Waals surface area contributed by atoms with Gasteiger partial charge in [0.15, 0.2) is 0 Å². The van der Waals surface area contributed by atoms with E-state index < -0.39 is 0 Å². The molecule has 0 aliphatic heterocycles. The van der Waals surface area contributed by atoms with Gasteiger partial charge in [-0.05, 0) is 48.9 Å². The highest BCUT2D eigenvalue weighted by molar-refractivity contribution is 5.28. The molecule has 1 aromatic carbocycles. The Bertz CT molecular complexity index is 342. The van der Waals surface area contributed by atoms with Crippen LogP contribution in [0, 0.1) is 5.41 Å².